The van der Waals surface area contributed by atoms with Crippen LogP contribution in [0.4, 0.5) is 5.69 Å². The van der Waals surface area contributed by atoms with Crippen molar-refractivity contribution in [1.29, 1.82) is 0 Å². The van der Waals surface area contributed by atoms with Gasteiger partial charge in [0.25, 0.3) is 11.6 Å². The summed E-state index contributed by atoms with van der Waals surface area (Å²) in [6, 6.07) is 3.75. The summed E-state index contributed by atoms with van der Waals surface area (Å²) in [6.07, 6.45) is 5.40. The first kappa shape index (κ1) is 26.1. The van der Waals surface area contributed by atoms with E-state index in [9.17, 15) is 28.1 Å². The number of nitrogens with one attached hydrogen (secondary N) is 1. The molecular formula is C23H33N3O7S. The van der Waals surface area contributed by atoms with Gasteiger partial charge in [0.2, 0.25) is 10.0 Å². The van der Waals surface area contributed by atoms with Crippen molar-refractivity contribution in [3.8, 4) is 0 Å². The van der Waals surface area contributed by atoms with Crippen LogP contribution in [-0.2, 0) is 24.3 Å². The fraction of sp³-hybridized carbons (Fsp3) is 0.652. The molecule has 3 rings (SSSR count). The highest BCUT2D eigenvalue weighted by molar-refractivity contribution is 7.89. The Kier molecular flexibility index (Phi) is 8.64. The Bertz CT molecular complexity index is 1010. The van der Waals surface area contributed by atoms with Gasteiger partial charge in [-0.25, -0.2) is 8.42 Å². The number of non-ortho nitro benzene ring substituents is 1. The number of nitrogens with zero attached hydrogens (tertiary/aromatic N) is 2. The van der Waals surface area contributed by atoms with Crippen LogP contribution in [0.2, 0.25) is 0 Å². The number of ether oxygens (including phenoxy) is 1. The lowest BCUT2D eigenvalue weighted by Crippen LogP contribution is -2.43. The number of benzene rings is 1. The molecule has 1 aliphatic carbocycles. The van der Waals surface area contributed by atoms with Crippen molar-refractivity contribution in [2.75, 3.05) is 19.6 Å². The molecule has 1 N–H and O–H groups in total. The molecule has 0 spiro atoms. The van der Waals surface area contributed by atoms with E-state index in [1.54, 1.807) is 13.8 Å². The van der Waals surface area contributed by atoms with Crippen molar-refractivity contribution in [2.45, 2.75) is 69.8 Å². The van der Waals surface area contributed by atoms with Crippen molar-refractivity contribution in [1.82, 2.24) is 9.62 Å². The van der Waals surface area contributed by atoms with Gasteiger partial charge in [-0.1, -0.05) is 25.3 Å². The number of nitro benzene ring substituents is 1. The number of rotatable bonds is 8. The van der Waals surface area contributed by atoms with E-state index in [1.165, 1.54) is 35.7 Å². The Morgan fingerprint density at radius 3 is 2.44 bits per heavy atom. The van der Waals surface area contributed by atoms with Crippen LogP contribution in [0.5, 0.6) is 0 Å². The zero-order chi connectivity index (χ0) is 24.9. The van der Waals surface area contributed by atoms with Gasteiger partial charge in [0.05, 0.1) is 15.7 Å². The van der Waals surface area contributed by atoms with Gasteiger partial charge < -0.3 is 10.1 Å². The van der Waals surface area contributed by atoms with Crippen LogP contribution in [0.25, 0.3) is 0 Å². The Hall–Kier alpha value is -2.53. The zero-order valence-electron chi connectivity index (χ0n) is 19.7. The average Bonchev–Trinajstić information content (AvgIpc) is 2.83. The molecule has 1 aliphatic heterocycles. The van der Waals surface area contributed by atoms with Crippen molar-refractivity contribution in [3.63, 3.8) is 0 Å². The Morgan fingerprint density at radius 1 is 1.18 bits per heavy atom. The van der Waals surface area contributed by atoms with Crippen LogP contribution in [0.15, 0.2) is 23.1 Å². The fourth-order valence-corrected chi connectivity index (χ4v) is 6.27. The molecule has 10 nitrogen and oxygen atoms in total. The summed E-state index contributed by atoms with van der Waals surface area (Å²) in [5, 5.41) is 13.9. The Balaban J connectivity index is 1.51. The minimum Gasteiger partial charge on any atom is -0.452 e. The summed E-state index contributed by atoms with van der Waals surface area (Å²) in [6.45, 7) is 3.90. The SMILES string of the molecule is Cc1ccc([N+](=O)[O-])cc1S(=O)(=O)N1CCC(C(=O)O[C@@H](C)C(=O)NCC2CCCCC2)CC1. The second-order valence-corrected chi connectivity index (χ2v) is 11.1. The summed E-state index contributed by atoms with van der Waals surface area (Å²) in [5.74, 6) is -0.864. The molecule has 2 fully saturated rings. The molecule has 0 radical (unpaired) electrons. The maximum absolute atomic E-state index is 13.1. The number of sulfonamides is 1. The molecular weight excluding hydrogens is 462 g/mol. The zero-order valence-corrected chi connectivity index (χ0v) is 20.5. The minimum atomic E-state index is -3.94. The lowest BCUT2D eigenvalue weighted by Gasteiger charge is -2.31. The molecule has 188 valence electrons. The lowest BCUT2D eigenvalue weighted by atomic mass is 9.89. The van der Waals surface area contributed by atoms with Crippen LogP contribution in [0, 0.1) is 28.9 Å². The maximum atomic E-state index is 13.1. The van der Waals surface area contributed by atoms with Gasteiger partial charge in [-0.15, -0.1) is 0 Å². The first-order valence-corrected chi connectivity index (χ1v) is 13.3. The first-order valence-electron chi connectivity index (χ1n) is 11.8. The van der Waals surface area contributed by atoms with E-state index in [0.717, 1.165) is 18.9 Å². The van der Waals surface area contributed by atoms with E-state index in [4.69, 9.17) is 4.74 Å². The van der Waals surface area contributed by atoms with Gasteiger partial charge in [-0.3, -0.25) is 19.7 Å². The number of amides is 1. The molecule has 2 aliphatic rings. The number of carbonyl (C=O) groups excluding carboxylic acids is 2. The molecule has 1 atom stereocenters. The van der Waals surface area contributed by atoms with Gasteiger partial charge in [0.15, 0.2) is 6.10 Å². The topological polar surface area (TPSA) is 136 Å². The highest BCUT2D eigenvalue weighted by Gasteiger charge is 2.35. The standard InChI is InChI=1S/C23H33N3O7S/c1-16-8-9-20(26(29)30)14-21(16)34(31,32)25-12-10-19(11-13-25)23(28)33-17(2)22(27)24-15-18-6-4-3-5-7-18/h8-9,14,17-19H,3-7,10-13,15H2,1-2H3,(H,24,27)/t17-/m0/s1. The molecule has 1 saturated heterocycles. The molecule has 1 heterocycles. The van der Waals surface area contributed by atoms with E-state index < -0.39 is 32.9 Å². The van der Waals surface area contributed by atoms with Gasteiger partial charge in [-0.2, -0.15) is 4.31 Å². The number of carbonyl (C=O) groups is 2. The third kappa shape index (κ3) is 6.32. The summed E-state index contributed by atoms with van der Waals surface area (Å²) >= 11 is 0. The molecule has 1 saturated carbocycles. The largest absolute Gasteiger partial charge is 0.452 e. The van der Waals surface area contributed by atoms with Gasteiger partial charge >= 0.3 is 5.97 Å². The van der Waals surface area contributed by atoms with Crippen LogP contribution in [-0.4, -0.2) is 55.3 Å². The highest BCUT2D eigenvalue weighted by Crippen LogP contribution is 2.29. The van der Waals surface area contributed by atoms with E-state index >= 15 is 0 Å². The average molecular weight is 496 g/mol. The number of aryl methyl sites for hydroxylation is 1. The predicted octanol–water partition coefficient (Wildman–Crippen LogP) is 2.93. The van der Waals surface area contributed by atoms with E-state index in [-0.39, 0.29) is 42.4 Å². The summed E-state index contributed by atoms with van der Waals surface area (Å²) in [7, 11) is -3.94. The van der Waals surface area contributed by atoms with Crippen LogP contribution in [0.1, 0.15) is 57.4 Å². The van der Waals surface area contributed by atoms with E-state index in [0.29, 0.717) is 18.0 Å². The number of hydrogen-bond donors (Lipinski definition) is 1. The molecule has 0 unspecified atom stereocenters. The molecule has 1 aromatic rings. The van der Waals surface area contributed by atoms with Crippen LogP contribution >= 0.6 is 0 Å². The van der Waals surface area contributed by atoms with Gasteiger partial charge in [0.1, 0.15) is 0 Å². The van der Waals surface area contributed by atoms with Crippen molar-refractivity contribution < 1.29 is 27.7 Å². The number of piperidine rings is 1. The second-order valence-electron chi connectivity index (χ2n) is 9.21. The number of esters is 1. The van der Waals surface area contributed by atoms with Gasteiger partial charge in [-0.05, 0) is 51.0 Å². The smallest absolute Gasteiger partial charge is 0.309 e. The Morgan fingerprint density at radius 2 is 1.82 bits per heavy atom. The van der Waals surface area contributed by atoms with Crippen LogP contribution < -0.4 is 5.32 Å². The summed E-state index contributed by atoms with van der Waals surface area (Å²) in [4.78, 5) is 35.2. The summed E-state index contributed by atoms with van der Waals surface area (Å²) < 4.78 is 32.7. The lowest BCUT2D eigenvalue weighted by molar-refractivity contribution is -0.385. The number of hydrogen-bond acceptors (Lipinski definition) is 7. The third-order valence-electron chi connectivity index (χ3n) is 6.74. The second kappa shape index (κ2) is 11.3. The molecule has 1 amide bonds. The predicted molar refractivity (Wildman–Crippen MR) is 124 cm³/mol. The summed E-state index contributed by atoms with van der Waals surface area (Å²) in [5.41, 5.74) is 0.124. The molecule has 0 aromatic heterocycles. The Labute approximate surface area is 200 Å². The van der Waals surface area contributed by atoms with Crippen molar-refractivity contribution in [2.24, 2.45) is 11.8 Å². The van der Waals surface area contributed by atoms with Gasteiger partial charge in [0, 0.05) is 31.8 Å². The molecule has 11 heteroatoms. The normalized spacial score (nSPS) is 19.4. The van der Waals surface area contributed by atoms with Crippen LogP contribution in [0.3, 0.4) is 0 Å². The number of nitro groups is 1. The minimum absolute atomic E-state index is 0.0898. The molecule has 34 heavy (non-hydrogen) atoms. The van der Waals surface area contributed by atoms with Crippen molar-refractivity contribution >= 4 is 27.6 Å². The van der Waals surface area contributed by atoms with E-state index in [2.05, 4.69) is 5.32 Å². The highest BCUT2D eigenvalue weighted by atomic mass is 32.2. The molecule has 1 aromatic carbocycles. The fourth-order valence-electron chi connectivity index (χ4n) is 4.56. The first-order chi connectivity index (χ1) is 16.1. The van der Waals surface area contributed by atoms with E-state index in [1.807, 2.05) is 0 Å². The third-order valence-corrected chi connectivity index (χ3v) is 8.78. The molecule has 0 bridgehead atoms. The monoisotopic (exact) mass is 495 g/mol. The quantitative estimate of drug-likeness (QED) is 0.333. The maximum Gasteiger partial charge on any atom is 0.309 e. The van der Waals surface area contributed by atoms with Crippen molar-refractivity contribution in [3.05, 3.63) is 33.9 Å².